The van der Waals surface area contributed by atoms with E-state index < -0.39 is 0 Å². The minimum Gasteiger partial charge on any atom is -0.307 e. The second-order valence-corrected chi connectivity index (χ2v) is 3.74. The number of rotatable bonds is 2. The van der Waals surface area contributed by atoms with Gasteiger partial charge in [0.2, 0.25) is 0 Å². The zero-order valence-corrected chi connectivity index (χ0v) is 8.36. The van der Waals surface area contributed by atoms with Gasteiger partial charge in [-0.1, -0.05) is 6.42 Å². The maximum atomic E-state index is 11.9. The fourth-order valence-electron chi connectivity index (χ4n) is 1.80. The minimum absolute atomic E-state index is 0.0151. The Kier molecular flexibility index (Phi) is 2.63. The Morgan fingerprint density at radius 3 is 3.07 bits per heavy atom. The molecule has 1 saturated heterocycles. The van der Waals surface area contributed by atoms with Gasteiger partial charge in [0.25, 0.3) is 0 Å². The van der Waals surface area contributed by atoms with E-state index in [0.717, 1.165) is 19.4 Å². The summed E-state index contributed by atoms with van der Waals surface area (Å²) in [4.78, 5) is 11.9. The van der Waals surface area contributed by atoms with Gasteiger partial charge in [0.1, 0.15) is 5.69 Å². The third-order valence-corrected chi connectivity index (χ3v) is 2.59. The molecule has 0 saturated carbocycles. The lowest BCUT2D eigenvalue weighted by Gasteiger charge is -2.21. The maximum absolute atomic E-state index is 11.9. The first-order valence-electron chi connectivity index (χ1n) is 5.04. The van der Waals surface area contributed by atoms with Crippen molar-refractivity contribution < 1.29 is 4.79 Å². The summed E-state index contributed by atoms with van der Waals surface area (Å²) in [6.45, 7) is 0.948. The van der Waals surface area contributed by atoms with E-state index >= 15 is 0 Å². The molecule has 4 heteroatoms. The van der Waals surface area contributed by atoms with Gasteiger partial charge in [0, 0.05) is 13.2 Å². The van der Waals surface area contributed by atoms with Gasteiger partial charge in [-0.3, -0.25) is 9.48 Å². The number of hydrogen-bond acceptors (Lipinski definition) is 3. The highest BCUT2D eigenvalue weighted by Gasteiger charge is 2.23. The van der Waals surface area contributed by atoms with Gasteiger partial charge >= 0.3 is 0 Å². The summed E-state index contributed by atoms with van der Waals surface area (Å²) in [6, 6.07) is 1.76. The van der Waals surface area contributed by atoms with Gasteiger partial charge in [0.05, 0.1) is 6.04 Å². The van der Waals surface area contributed by atoms with Crippen molar-refractivity contribution in [3.05, 3.63) is 18.0 Å². The summed E-state index contributed by atoms with van der Waals surface area (Å²) in [5, 5.41) is 7.34. The quantitative estimate of drug-likeness (QED) is 0.705. The first-order chi connectivity index (χ1) is 6.77. The molecule has 0 aromatic carbocycles. The average molecular weight is 193 g/mol. The minimum atomic E-state index is -0.0151. The number of ketones is 1. The number of Topliss-reactive ketones (excluding diaryl/α,β-unsaturated/α-hetero) is 1. The maximum Gasteiger partial charge on any atom is 0.199 e. The largest absolute Gasteiger partial charge is 0.307 e. The van der Waals surface area contributed by atoms with Crippen LogP contribution in [-0.4, -0.2) is 28.2 Å². The molecule has 1 aliphatic rings. The van der Waals surface area contributed by atoms with Gasteiger partial charge in [-0.25, -0.2) is 0 Å². The van der Waals surface area contributed by atoms with Gasteiger partial charge in [0.15, 0.2) is 5.78 Å². The lowest BCUT2D eigenvalue weighted by Crippen LogP contribution is -2.40. The molecule has 2 rings (SSSR count). The molecule has 1 unspecified atom stereocenters. The van der Waals surface area contributed by atoms with Crippen molar-refractivity contribution in [3.63, 3.8) is 0 Å². The van der Waals surface area contributed by atoms with E-state index in [2.05, 4.69) is 10.4 Å². The normalized spacial score (nSPS) is 22.2. The zero-order valence-electron chi connectivity index (χ0n) is 8.36. The van der Waals surface area contributed by atoms with E-state index in [-0.39, 0.29) is 11.8 Å². The van der Waals surface area contributed by atoms with Crippen molar-refractivity contribution in [2.24, 2.45) is 7.05 Å². The van der Waals surface area contributed by atoms with Crippen LogP contribution in [0, 0.1) is 0 Å². The Balaban J connectivity index is 2.07. The molecule has 76 valence electrons. The van der Waals surface area contributed by atoms with Crippen molar-refractivity contribution in [2.75, 3.05) is 6.54 Å². The van der Waals surface area contributed by atoms with Gasteiger partial charge in [-0.05, 0) is 25.5 Å². The van der Waals surface area contributed by atoms with E-state index in [1.165, 1.54) is 6.42 Å². The number of hydrogen-bond donors (Lipinski definition) is 1. The van der Waals surface area contributed by atoms with E-state index in [1.54, 1.807) is 16.9 Å². The van der Waals surface area contributed by atoms with Crippen LogP contribution in [0.15, 0.2) is 12.3 Å². The molecule has 0 amide bonds. The Hall–Kier alpha value is -1.16. The molecule has 1 aliphatic heterocycles. The predicted octanol–water partition coefficient (Wildman–Crippen LogP) is 0.745. The zero-order chi connectivity index (χ0) is 9.97. The molecular formula is C10H15N3O. The second-order valence-electron chi connectivity index (χ2n) is 3.74. The Labute approximate surface area is 83.3 Å². The molecule has 1 aromatic heterocycles. The Morgan fingerprint density at radius 1 is 1.64 bits per heavy atom. The van der Waals surface area contributed by atoms with Gasteiger partial charge in [-0.15, -0.1) is 0 Å². The van der Waals surface area contributed by atoms with Crippen LogP contribution in [0.4, 0.5) is 0 Å². The van der Waals surface area contributed by atoms with E-state index in [9.17, 15) is 4.79 Å². The van der Waals surface area contributed by atoms with Crippen molar-refractivity contribution in [2.45, 2.75) is 25.3 Å². The highest BCUT2D eigenvalue weighted by Crippen LogP contribution is 2.11. The molecule has 0 bridgehead atoms. The van der Waals surface area contributed by atoms with Crippen LogP contribution < -0.4 is 5.32 Å². The summed E-state index contributed by atoms with van der Waals surface area (Å²) in [5.74, 6) is 0.130. The third-order valence-electron chi connectivity index (χ3n) is 2.59. The molecule has 2 heterocycles. The SMILES string of the molecule is Cn1ccc(C(=O)C2CCCCN2)n1. The lowest BCUT2D eigenvalue weighted by atomic mass is 9.99. The van der Waals surface area contributed by atoms with Crippen LogP contribution in [0.5, 0.6) is 0 Å². The van der Waals surface area contributed by atoms with Crippen molar-refractivity contribution in [1.82, 2.24) is 15.1 Å². The van der Waals surface area contributed by atoms with Crippen molar-refractivity contribution in [1.29, 1.82) is 0 Å². The number of aromatic nitrogens is 2. The van der Waals surface area contributed by atoms with E-state index in [1.807, 2.05) is 7.05 Å². The molecule has 1 atom stereocenters. The van der Waals surface area contributed by atoms with Crippen LogP contribution in [-0.2, 0) is 7.05 Å². The lowest BCUT2D eigenvalue weighted by molar-refractivity contribution is 0.0921. The van der Waals surface area contributed by atoms with Crippen molar-refractivity contribution in [3.8, 4) is 0 Å². The summed E-state index contributed by atoms with van der Waals surface area (Å²) >= 11 is 0. The molecule has 1 aromatic rings. The second kappa shape index (κ2) is 3.92. The van der Waals surface area contributed by atoms with E-state index in [4.69, 9.17) is 0 Å². The fraction of sp³-hybridized carbons (Fsp3) is 0.600. The van der Waals surface area contributed by atoms with E-state index in [0.29, 0.717) is 5.69 Å². The summed E-state index contributed by atoms with van der Waals surface area (Å²) in [5.41, 5.74) is 0.576. The highest BCUT2D eigenvalue weighted by molar-refractivity contribution is 5.98. The summed E-state index contributed by atoms with van der Waals surface area (Å²) in [6.07, 6.45) is 5.05. The Bertz CT molecular complexity index is 326. The molecule has 1 N–H and O–H groups in total. The van der Waals surface area contributed by atoms with Crippen molar-refractivity contribution >= 4 is 5.78 Å². The van der Waals surface area contributed by atoms with Crippen LogP contribution in [0.2, 0.25) is 0 Å². The molecule has 4 nitrogen and oxygen atoms in total. The molecule has 1 fully saturated rings. The smallest absolute Gasteiger partial charge is 0.199 e. The number of piperidine rings is 1. The predicted molar refractivity (Wildman–Crippen MR) is 53.2 cm³/mol. The van der Waals surface area contributed by atoms with Gasteiger partial charge < -0.3 is 5.32 Å². The number of nitrogens with one attached hydrogen (secondary N) is 1. The van der Waals surface area contributed by atoms with Gasteiger partial charge in [-0.2, -0.15) is 5.10 Å². The van der Waals surface area contributed by atoms with Crippen LogP contribution in [0.25, 0.3) is 0 Å². The molecule has 0 spiro atoms. The number of carbonyl (C=O) groups excluding carboxylic acids is 1. The first kappa shape index (κ1) is 9.40. The first-order valence-corrected chi connectivity index (χ1v) is 5.04. The standard InChI is InChI=1S/C10H15N3O/c1-13-7-5-9(12-13)10(14)8-4-2-3-6-11-8/h5,7-8,11H,2-4,6H2,1H3. The molecule has 14 heavy (non-hydrogen) atoms. The Morgan fingerprint density at radius 2 is 2.50 bits per heavy atom. The fourth-order valence-corrected chi connectivity index (χ4v) is 1.80. The number of aryl methyl sites for hydroxylation is 1. The topological polar surface area (TPSA) is 46.9 Å². The average Bonchev–Trinajstić information content (AvgIpc) is 2.65. The van der Waals surface area contributed by atoms with Crippen LogP contribution in [0.1, 0.15) is 29.8 Å². The molecule has 0 aliphatic carbocycles. The monoisotopic (exact) mass is 193 g/mol. The van der Waals surface area contributed by atoms with Crippen LogP contribution >= 0.6 is 0 Å². The number of carbonyl (C=O) groups is 1. The van der Waals surface area contributed by atoms with Crippen LogP contribution in [0.3, 0.4) is 0 Å². The molecular weight excluding hydrogens is 178 g/mol. The highest BCUT2D eigenvalue weighted by atomic mass is 16.1. The summed E-state index contributed by atoms with van der Waals surface area (Å²) < 4.78 is 1.66. The molecule has 0 radical (unpaired) electrons. The third kappa shape index (κ3) is 1.85. The summed E-state index contributed by atoms with van der Waals surface area (Å²) in [7, 11) is 1.82. The number of nitrogens with zero attached hydrogens (tertiary/aromatic N) is 2.